The van der Waals surface area contributed by atoms with Crippen LogP contribution in [0.5, 0.6) is 0 Å². The highest BCUT2D eigenvalue weighted by Gasteiger charge is 2.21. The van der Waals surface area contributed by atoms with Gasteiger partial charge < -0.3 is 19.5 Å². The van der Waals surface area contributed by atoms with Crippen molar-refractivity contribution < 1.29 is 9.21 Å². The number of aromatic nitrogens is 3. The standard InChI is InChI=1S/C27H27ClN6O2S/c1-19-16-25(34-14-12-33(13-15-34)23-8-3-2-7-22(23)28)32-27(31-19)37-18-21-9-10-24(36-21)26(35)30-17-20-6-4-5-11-29-20/h2-11,16H,12-15,17-18H2,1H3,(H,30,35). The van der Waals surface area contributed by atoms with Gasteiger partial charge >= 0.3 is 0 Å². The van der Waals surface area contributed by atoms with E-state index in [9.17, 15) is 4.79 Å². The predicted molar refractivity (Wildman–Crippen MR) is 146 cm³/mol. The van der Waals surface area contributed by atoms with Crippen molar-refractivity contribution in [2.45, 2.75) is 24.4 Å². The number of hydrogen-bond donors (Lipinski definition) is 1. The Morgan fingerprint density at radius 3 is 2.59 bits per heavy atom. The van der Waals surface area contributed by atoms with Gasteiger partial charge in [0.05, 0.1) is 28.7 Å². The first-order valence-electron chi connectivity index (χ1n) is 12.0. The van der Waals surface area contributed by atoms with E-state index in [4.69, 9.17) is 21.0 Å². The third-order valence-electron chi connectivity index (χ3n) is 6.00. The van der Waals surface area contributed by atoms with Gasteiger partial charge in [-0.25, -0.2) is 9.97 Å². The number of nitrogens with zero attached hydrogens (tertiary/aromatic N) is 5. The molecule has 0 bridgehead atoms. The zero-order valence-electron chi connectivity index (χ0n) is 20.4. The number of anilines is 2. The summed E-state index contributed by atoms with van der Waals surface area (Å²) in [6.45, 7) is 5.75. The number of carbonyl (C=O) groups is 1. The molecule has 10 heteroatoms. The Balaban J connectivity index is 1.16. The smallest absolute Gasteiger partial charge is 0.287 e. The molecule has 3 aromatic heterocycles. The maximum atomic E-state index is 12.4. The van der Waals surface area contributed by atoms with Crippen LogP contribution in [-0.2, 0) is 12.3 Å². The van der Waals surface area contributed by atoms with Gasteiger partial charge in [0, 0.05) is 44.1 Å². The Bertz CT molecular complexity index is 1360. The van der Waals surface area contributed by atoms with E-state index < -0.39 is 0 Å². The van der Waals surface area contributed by atoms with Crippen molar-refractivity contribution in [1.82, 2.24) is 20.3 Å². The summed E-state index contributed by atoms with van der Waals surface area (Å²) < 4.78 is 5.76. The largest absolute Gasteiger partial charge is 0.455 e. The van der Waals surface area contributed by atoms with E-state index in [0.29, 0.717) is 23.2 Å². The number of rotatable bonds is 8. The molecule has 1 aliphatic rings. The van der Waals surface area contributed by atoms with E-state index in [-0.39, 0.29) is 11.7 Å². The van der Waals surface area contributed by atoms with Gasteiger partial charge in [-0.3, -0.25) is 9.78 Å². The third kappa shape index (κ3) is 6.42. The Labute approximate surface area is 225 Å². The fourth-order valence-electron chi connectivity index (χ4n) is 4.11. The molecule has 37 heavy (non-hydrogen) atoms. The molecule has 0 atom stereocenters. The highest BCUT2D eigenvalue weighted by atomic mass is 35.5. The number of para-hydroxylation sites is 1. The van der Waals surface area contributed by atoms with Crippen molar-refractivity contribution in [3.05, 3.63) is 94.8 Å². The second kappa shape index (κ2) is 11.7. The average Bonchev–Trinajstić information content (AvgIpc) is 3.41. The lowest BCUT2D eigenvalue weighted by Crippen LogP contribution is -2.47. The molecule has 1 fully saturated rings. The van der Waals surface area contributed by atoms with Crippen LogP contribution in [0.15, 0.2) is 76.4 Å². The number of carbonyl (C=O) groups excluding carboxylic acids is 1. The number of amides is 1. The lowest BCUT2D eigenvalue weighted by atomic mass is 10.2. The number of pyridine rings is 1. The van der Waals surface area contributed by atoms with E-state index in [1.807, 2.05) is 55.5 Å². The van der Waals surface area contributed by atoms with Crippen LogP contribution < -0.4 is 15.1 Å². The number of benzene rings is 1. The molecule has 4 aromatic rings. The maximum Gasteiger partial charge on any atom is 0.287 e. The monoisotopic (exact) mass is 534 g/mol. The second-order valence-corrected chi connectivity index (χ2v) is 9.98. The fraction of sp³-hybridized carbons (Fsp3) is 0.259. The number of aryl methyl sites for hydroxylation is 1. The van der Waals surface area contributed by atoms with E-state index in [1.54, 1.807) is 12.3 Å². The Morgan fingerprint density at radius 1 is 1.03 bits per heavy atom. The van der Waals surface area contributed by atoms with Gasteiger partial charge in [-0.1, -0.05) is 41.6 Å². The van der Waals surface area contributed by atoms with Crippen LogP contribution >= 0.6 is 23.4 Å². The van der Waals surface area contributed by atoms with Crippen molar-refractivity contribution in [2.75, 3.05) is 36.0 Å². The zero-order valence-corrected chi connectivity index (χ0v) is 22.0. The molecule has 1 aliphatic heterocycles. The highest BCUT2D eigenvalue weighted by molar-refractivity contribution is 7.98. The lowest BCUT2D eigenvalue weighted by molar-refractivity contribution is 0.0921. The molecule has 190 valence electrons. The molecule has 4 heterocycles. The number of furan rings is 1. The molecule has 1 saturated heterocycles. The molecule has 0 aliphatic carbocycles. The first-order chi connectivity index (χ1) is 18.0. The van der Waals surface area contributed by atoms with Gasteiger partial charge in [-0.2, -0.15) is 0 Å². The minimum absolute atomic E-state index is 0.271. The Kier molecular flexibility index (Phi) is 7.91. The van der Waals surface area contributed by atoms with E-state index in [1.165, 1.54) is 11.8 Å². The molecule has 0 spiro atoms. The summed E-state index contributed by atoms with van der Waals surface area (Å²) in [5.74, 6) is 2.13. The van der Waals surface area contributed by atoms with Gasteiger partial charge in [0.25, 0.3) is 5.91 Å². The summed E-state index contributed by atoms with van der Waals surface area (Å²) >= 11 is 7.87. The quantitative estimate of drug-likeness (QED) is 0.250. The number of piperazine rings is 1. The molecular weight excluding hydrogens is 508 g/mol. The molecular formula is C27H27ClN6O2S. The summed E-state index contributed by atoms with van der Waals surface area (Å²) in [4.78, 5) is 30.6. The summed E-state index contributed by atoms with van der Waals surface area (Å²) in [6.07, 6.45) is 1.70. The molecule has 0 unspecified atom stereocenters. The molecule has 0 saturated carbocycles. The summed E-state index contributed by atoms with van der Waals surface area (Å²) in [5, 5.41) is 4.29. The van der Waals surface area contributed by atoms with Crippen molar-refractivity contribution in [3.8, 4) is 0 Å². The topological polar surface area (TPSA) is 87.4 Å². The van der Waals surface area contributed by atoms with Crippen LogP contribution in [0, 0.1) is 6.92 Å². The van der Waals surface area contributed by atoms with Crippen LogP contribution in [0.25, 0.3) is 0 Å². The zero-order chi connectivity index (χ0) is 25.6. The van der Waals surface area contributed by atoms with E-state index in [0.717, 1.165) is 54.1 Å². The van der Waals surface area contributed by atoms with Crippen molar-refractivity contribution in [1.29, 1.82) is 0 Å². The highest BCUT2D eigenvalue weighted by Crippen LogP contribution is 2.28. The molecule has 0 radical (unpaired) electrons. The maximum absolute atomic E-state index is 12.4. The van der Waals surface area contributed by atoms with Gasteiger partial charge in [0.2, 0.25) is 0 Å². The first-order valence-corrected chi connectivity index (χ1v) is 13.4. The van der Waals surface area contributed by atoms with Gasteiger partial charge in [0.1, 0.15) is 11.6 Å². The minimum Gasteiger partial charge on any atom is -0.455 e. The average molecular weight is 535 g/mol. The number of nitrogens with one attached hydrogen (secondary N) is 1. The van der Waals surface area contributed by atoms with Crippen molar-refractivity contribution in [2.24, 2.45) is 0 Å². The van der Waals surface area contributed by atoms with Crippen LogP contribution in [0.1, 0.15) is 27.7 Å². The summed E-state index contributed by atoms with van der Waals surface area (Å²) in [6, 6.07) is 19.1. The van der Waals surface area contributed by atoms with Crippen molar-refractivity contribution in [3.63, 3.8) is 0 Å². The second-order valence-electron chi connectivity index (χ2n) is 8.63. The SMILES string of the molecule is Cc1cc(N2CCN(c3ccccc3Cl)CC2)nc(SCc2ccc(C(=O)NCc3ccccn3)o2)n1. The lowest BCUT2D eigenvalue weighted by Gasteiger charge is -2.37. The Morgan fingerprint density at radius 2 is 1.81 bits per heavy atom. The first kappa shape index (κ1) is 25.1. The van der Waals surface area contributed by atoms with Gasteiger partial charge in [0.15, 0.2) is 10.9 Å². The minimum atomic E-state index is -0.271. The van der Waals surface area contributed by atoms with Gasteiger partial charge in [-0.05, 0) is 43.3 Å². The predicted octanol–water partition coefficient (Wildman–Crippen LogP) is 4.98. The van der Waals surface area contributed by atoms with Crippen LogP contribution in [0.2, 0.25) is 5.02 Å². The fourth-order valence-corrected chi connectivity index (χ4v) is 5.16. The van der Waals surface area contributed by atoms with Gasteiger partial charge in [-0.15, -0.1) is 0 Å². The number of halogens is 1. The van der Waals surface area contributed by atoms with E-state index >= 15 is 0 Å². The van der Waals surface area contributed by atoms with Crippen molar-refractivity contribution >= 4 is 40.8 Å². The number of hydrogen-bond acceptors (Lipinski definition) is 8. The molecule has 1 amide bonds. The summed E-state index contributed by atoms with van der Waals surface area (Å²) in [5.41, 5.74) is 2.77. The normalized spacial score (nSPS) is 13.6. The van der Waals surface area contributed by atoms with Crippen LogP contribution in [-0.4, -0.2) is 47.0 Å². The molecule has 5 rings (SSSR count). The molecule has 1 N–H and O–H groups in total. The third-order valence-corrected chi connectivity index (χ3v) is 7.19. The van der Waals surface area contributed by atoms with E-state index in [2.05, 4.69) is 31.2 Å². The number of thioether (sulfide) groups is 1. The Hall–Kier alpha value is -3.56. The molecule has 8 nitrogen and oxygen atoms in total. The van der Waals surface area contributed by atoms with Crippen LogP contribution in [0.3, 0.4) is 0 Å². The molecule has 1 aromatic carbocycles. The summed E-state index contributed by atoms with van der Waals surface area (Å²) in [7, 11) is 0. The van der Waals surface area contributed by atoms with Crippen LogP contribution in [0.4, 0.5) is 11.5 Å².